The highest BCUT2D eigenvalue weighted by Gasteiger charge is 2.37. The van der Waals surface area contributed by atoms with Gasteiger partial charge in [-0.15, -0.1) is 0 Å². The Morgan fingerprint density at radius 1 is 1.37 bits per heavy atom. The van der Waals surface area contributed by atoms with E-state index in [1.807, 2.05) is 24.3 Å². The van der Waals surface area contributed by atoms with Gasteiger partial charge in [0.25, 0.3) is 0 Å². The van der Waals surface area contributed by atoms with Crippen LogP contribution < -0.4 is 10.5 Å². The highest BCUT2D eigenvalue weighted by atomic mass is 16.5. The monoisotopic (exact) mass is 370 g/mol. The Morgan fingerprint density at radius 3 is 2.70 bits per heavy atom. The molecule has 2 N–H and O–H groups in total. The number of ether oxygens (including phenoxy) is 3. The Morgan fingerprint density at radius 2 is 2.07 bits per heavy atom. The SMILES string of the molecule is CCOC(=O)C1=C(C)OC(N)=C(C#N)C1c1ccccc1OCCC(C)C. The molecule has 27 heavy (non-hydrogen) atoms. The smallest absolute Gasteiger partial charge is 0.338 e. The van der Waals surface area contributed by atoms with E-state index in [2.05, 4.69) is 19.9 Å². The van der Waals surface area contributed by atoms with Crippen molar-refractivity contribution >= 4 is 5.97 Å². The standard InChI is InChI=1S/C21H26N2O4/c1-5-25-21(24)18-14(4)27-20(23)16(12-22)19(18)15-8-6-7-9-17(15)26-11-10-13(2)3/h6-9,13,19H,5,10-11,23H2,1-4H3. The summed E-state index contributed by atoms with van der Waals surface area (Å²) in [4.78, 5) is 12.6. The third kappa shape index (κ3) is 4.62. The minimum absolute atomic E-state index is 0.00923. The molecule has 1 aromatic carbocycles. The lowest BCUT2D eigenvalue weighted by Gasteiger charge is -2.28. The van der Waals surface area contributed by atoms with Gasteiger partial charge in [-0.1, -0.05) is 32.0 Å². The highest BCUT2D eigenvalue weighted by Crippen LogP contribution is 2.42. The summed E-state index contributed by atoms with van der Waals surface area (Å²) in [7, 11) is 0. The molecule has 144 valence electrons. The number of allylic oxidation sites excluding steroid dienone is 2. The molecule has 0 aromatic heterocycles. The maximum absolute atomic E-state index is 12.6. The summed E-state index contributed by atoms with van der Waals surface area (Å²) in [5, 5.41) is 9.67. The van der Waals surface area contributed by atoms with Crippen molar-refractivity contribution in [3.63, 3.8) is 0 Å². The number of nitrogens with zero attached hydrogens (tertiary/aromatic N) is 1. The van der Waals surface area contributed by atoms with E-state index in [1.165, 1.54) is 0 Å². The number of carbonyl (C=O) groups excluding carboxylic acids is 1. The minimum Gasteiger partial charge on any atom is -0.493 e. The second-order valence-corrected chi connectivity index (χ2v) is 6.68. The first-order chi connectivity index (χ1) is 12.9. The summed E-state index contributed by atoms with van der Waals surface area (Å²) in [6.07, 6.45) is 0.894. The van der Waals surface area contributed by atoms with Crippen LogP contribution in [0.5, 0.6) is 5.75 Å². The zero-order chi connectivity index (χ0) is 20.0. The number of nitriles is 1. The van der Waals surface area contributed by atoms with Crippen molar-refractivity contribution in [2.45, 2.75) is 40.0 Å². The predicted molar refractivity (Wildman–Crippen MR) is 101 cm³/mol. The van der Waals surface area contributed by atoms with E-state index >= 15 is 0 Å². The molecule has 1 atom stereocenters. The molecule has 1 aliphatic heterocycles. The van der Waals surface area contributed by atoms with Gasteiger partial charge in [0.2, 0.25) is 5.88 Å². The summed E-state index contributed by atoms with van der Waals surface area (Å²) >= 11 is 0. The maximum Gasteiger partial charge on any atom is 0.338 e. The van der Waals surface area contributed by atoms with E-state index in [4.69, 9.17) is 19.9 Å². The Balaban J connectivity index is 2.52. The molecule has 6 nitrogen and oxygen atoms in total. The zero-order valence-corrected chi connectivity index (χ0v) is 16.2. The number of nitrogens with two attached hydrogens (primary N) is 1. The first kappa shape index (κ1) is 20.4. The average Bonchev–Trinajstić information content (AvgIpc) is 2.61. The molecule has 1 aromatic rings. The third-order valence-corrected chi connectivity index (χ3v) is 4.28. The van der Waals surface area contributed by atoms with Crippen LogP contribution in [0.3, 0.4) is 0 Å². The lowest BCUT2D eigenvalue weighted by Crippen LogP contribution is -2.26. The second kappa shape index (κ2) is 9.13. The minimum atomic E-state index is -0.696. The van der Waals surface area contributed by atoms with Gasteiger partial charge in [0, 0.05) is 5.56 Å². The van der Waals surface area contributed by atoms with Gasteiger partial charge >= 0.3 is 5.97 Å². The Labute approximate surface area is 160 Å². The molecule has 2 rings (SSSR count). The first-order valence-corrected chi connectivity index (χ1v) is 9.07. The van der Waals surface area contributed by atoms with Crippen LogP contribution in [0.25, 0.3) is 0 Å². The van der Waals surface area contributed by atoms with Crippen molar-refractivity contribution in [2.24, 2.45) is 11.7 Å². The molecule has 0 aliphatic carbocycles. The lowest BCUT2D eigenvalue weighted by atomic mass is 9.82. The van der Waals surface area contributed by atoms with Gasteiger partial charge in [-0.05, 0) is 32.3 Å². The number of hydrogen-bond acceptors (Lipinski definition) is 6. The molecule has 0 spiro atoms. The predicted octanol–water partition coefficient (Wildman–Crippen LogP) is 3.76. The number of rotatable bonds is 7. The van der Waals surface area contributed by atoms with E-state index in [1.54, 1.807) is 13.8 Å². The quantitative estimate of drug-likeness (QED) is 0.735. The van der Waals surface area contributed by atoms with Gasteiger partial charge in [0.15, 0.2) is 0 Å². The molecular weight excluding hydrogens is 344 g/mol. The Hall–Kier alpha value is -2.94. The number of carbonyl (C=O) groups is 1. The average molecular weight is 370 g/mol. The van der Waals surface area contributed by atoms with Crippen molar-refractivity contribution in [1.29, 1.82) is 5.26 Å². The van der Waals surface area contributed by atoms with Crippen LogP contribution in [0.1, 0.15) is 45.6 Å². The molecule has 0 fully saturated rings. The summed E-state index contributed by atoms with van der Waals surface area (Å²) in [5.41, 5.74) is 7.06. The van der Waals surface area contributed by atoms with E-state index in [-0.39, 0.29) is 23.6 Å². The van der Waals surface area contributed by atoms with E-state index in [0.717, 1.165) is 6.42 Å². The van der Waals surface area contributed by atoms with Crippen LogP contribution >= 0.6 is 0 Å². The van der Waals surface area contributed by atoms with Crippen molar-refractivity contribution in [3.8, 4) is 11.8 Å². The Bertz CT molecular complexity index is 803. The van der Waals surface area contributed by atoms with Crippen LogP contribution in [0, 0.1) is 17.2 Å². The molecule has 0 bridgehead atoms. The third-order valence-electron chi connectivity index (χ3n) is 4.28. The highest BCUT2D eigenvalue weighted by molar-refractivity contribution is 5.92. The van der Waals surface area contributed by atoms with Gasteiger partial charge < -0.3 is 19.9 Å². The van der Waals surface area contributed by atoms with Crippen molar-refractivity contribution in [3.05, 3.63) is 52.6 Å². The normalized spacial score (nSPS) is 16.8. The maximum atomic E-state index is 12.6. The van der Waals surface area contributed by atoms with Crippen LogP contribution in [-0.4, -0.2) is 19.2 Å². The molecule has 0 saturated carbocycles. The first-order valence-electron chi connectivity index (χ1n) is 9.07. The second-order valence-electron chi connectivity index (χ2n) is 6.68. The summed E-state index contributed by atoms with van der Waals surface area (Å²) in [6.45, 7) is 8.37. The zero-order valence-electron chi connectivity index (χ0n) is 16.2. The number of benzene rings is 1. The van der Waals surface area contributed by atoms with Gasteiger partial charge in [-0.2, -0.15) is 5.26 Å². The number of esters is 1. The summed E-state index contributed by atoms with van der Waals surface area (Å²) in [6, 6.07) is 9.43. The summed E-state index contributed by atoms with van der Waals surface area (Å²) < 4.78 is 16.6. The topological polar surface area (TPSA) is 94.6 Å². The van der Waals surface area contributed by atoms with Crippen molar-refractivity contribution in [2.75, 3.05) is 13.2 Å². The van der Waals surface area contributed by atoms with Crippen molar-refractivity contribution in [1.82, 2.24) is 0 Å². The fourth-order valence-corrected chi connectivity index (χ4v) is 2.92. The number of para-hydroxylation sites is 1. The van der Waals surface area contributed by atoms with Gasteiger partial charge in [0.05, 0.1) is 24.7 Å². The van der Waals surface area contributed by atoms with Gasteiger partial charge in [-0.3, -0.25) is 0 Å². The van der Waals surface area contributed by atoms with E-state index in [0.29, 0.717) is 29.6 Å². The molecule has 1 aliphatic rings. The molecular formula is C21H26N2O4. The fourth-order valence-electron chi connectivity index (χ4n) is 2.92. The largest absolute Gasteiger partial charge is 0.493 e. The van der Waals surface area contributed by atoms with Crippen LogP contribution in [-0.2, 0) is 14.3 Å². The van der Waals surface area contributed by atoms with Crippen LogP contribution in [0.15, 0.2) is 47.1 Å². The van der Waals surface area contributed by atoms with E-state index in [9.17, 15) is 10.1 Å². The van der Waals surface area contributed by atoms with Crippen LogP contribution in [0.4, 0.5) is 0 Å². The van der Waals surface area contributed by atoms with E-state index < -0.39 is 11.9 Å². The molecule has 6 heteroatoms. The molecule has 1 unspecified atom stereocenters. The van der Waals surface area contributed by atoms with Gasteiger partial charge in [-0.25, -0.2) is 4.79 Å². The molecule has 0 radical (unpaired) electrons. The lowest BCUT2D eigenvalue weighted by molar-refractivity contribution is -0.139. The van der Waals surface area contributed by atoms with Crippen LogP contribution in [0.2, 0.25) is 0 Å². The number of hydrogen-bond donors (Lipinski definition) is 1. The summed E-state index contributed by atoms with van der Waals surface area (Å²) in [5.74, 6) is 0.204. The molecule has 0 amide bonds. The molecule has 1 heterocycles. The van der Waals surface area contributed by atoms with Crippen molar-refractivity contribution < 1.29 is 19.0 Å². The van der Waals surface area contributed by atoms with Gasteiger partial charge in [0.1, 0.15) is 23.2 Å². The fraction of sp³-hybridized carbons (Fsp3) is 0.429. The molecule has 0 saturated heterocycles. The Kier molecular flexibility index (Phi) is 6.89.